The number of amides is 1. The molecule has 0 heterocycles. The Bertz CT molecular complexity index is 825. The molecule has 25 heavy (non-hydrogen) atoms. The van der Waals surface area contributed by atoms with Crippen LogP contribution in [-0.4, -0.2) is 28.7 Å². The van der Waals surface area contributed by atoms with E-state index in [4.69, 9.17) is 0 Å². The maximum Gasteiger partial charge on any atom is 0.312 e. The number of carbonyl (C=O) groups excluding carboxylic acids is 1. The minimum absolute atomic E-state index is 0.0103. The number of phenols is 1. The predicted octanol–water partition coefficient (Wildman–Crippen LogP) is 3.39. The quantitative estimate of drug-likeness (QED) is 0.339. The van der Waals surface area contributed by atoms with Crippen molar-refractivity contribution in [3.63, 3.8) is 0 Å². The Morgan fingerprint density at radius 3 is 2.56 bits per heavy atom. The maximum absolute atomic E-state index is 11.7. The van der Waals surface area contributed by atoms with Crippen molar-refractivity contribution in [3.8, 4) is 5.75 Å². The zero-order chi connectivity index (χ0) is 18.4. The number of halogens is 2. The summed E-state index contributed by atoms with van der Waals surface area (Å²) < 4.78 is 1.33. The summed E-state index contributed by atoms with van der Waals surface area (Å²) >= 11 is 6.43. The van der Waals surface area contributed by atoms with Crippen LogP contribution in [0.4, 0.5) is 11.4 Å². The van der Waals surface area contributed by atoms with E-state index in [0.29, 0.717) is 4.47 Å². The van der Waals surface area contributed by atoms with E-state index in [1.165, 1.54) is 12.1 Å². The number of nitrogens with zero attached hydrogens (tertiary/aromatic N) is 2. The van der Waals surface area contributed by atoms with Crippen LogP contribution in [0.1, 0.15) is 5.56 Å². The number of hydrogen-bond acceptors (Lipinski definition) is 6. The van der Waals surface area contributed by atoms with Gasteiger partial charge in [-0.05, 0) is 30.3 Å². The van der Waals surface area contributed by atoms with E-state index in [9.17, 15) is 20.0 Å². The van der Waals surface area contributed by atoms with Gasteiger partial charge in [0, 0.05) is 26.3 Å². The zero-order valence-corrected chi connectivity index (χ0v) is 15.7. The van der Waals surface area contributed by atoms with Gasteiger partial charge in [-0.2, -0.15) is 5.10 Å². The first-order valence-corrected chi connectivity index (χ1v) is 8.43. The molecule has 0 aliphatic carbocycles. The van der Waals surface area contributed by atoms with Crippen molar-refractivity contribution in [3.05, 3.63) is 61.0 Å². The largest absolute Gasteiger partial charge is 0.502 e. The summed E-state index contributed by atoms with van der Waals surface area (Å²) in [7, 11) is 0. The van der Waals surface area contributed by atoms with Crippen molar-refractivity contribution < 1.29 is 14.8 Å². The summed E-state index contributed by atoms with van der Waals surface area (Å²) in [5.41, 5.74) is 2.68. The molecule has 0 saturated heterocycles. The molecule has 0 spiro atoms. The Morgan fingerprint density at radius 2 is 1.92 bits per heavy atom. The van der Waals surface area contributed by atoms with Gasteiger partial charge in [0.1, 0.15) is 0 Å². The number of carbonyl (C=O) groups is 1. The molecule has 2 aromatic rings. The second kappa shape index (κ2) is 8.58. The lowest BCUT2D eigenvalue weighted by Crippen LogP contribution is -2.25. The molecular weight excluding hydrogens is 460 g/mol. The molecule has 0 aliphatic rings. The van der Waals surface area contributed by atoms with Gasteiger partial charge in [0.15, 0.2) is 0 Å². The Hall–Kier alpha value is -2.46. The van der Waals surface area contributed by atoms with Crippen molar-refractivity contribution in [2.24, 2.45) is 5.10 Å². The first-order chi connectivity index (χ1) is 11.9. The summed E-state index contributed by atoms with van der Waals surface area (Å²) in [5, 5.41) is 27.3. The van der Waals surface area contributed by atoms with Crippen molar-refractivity contribution >= 4 is 55.4 Å². The molecule has 130 valence electrons. The highest BCUT2D eigenvalue weighted by atomic mass is 79.9. The van der Waals surface area contributed by atoms with Crippen molar-refractivity contribution in [1.29, 1.82) is 0 Å². The molecule has 0 saturated carbocycles. The number of aromatic hydroxyl groups is 1. The van der Waals surface area contributed by atoms with E-state index in [2.05, 4.69) is 47.7 Å². The predicted molar refractivity (Wildman–Crippen MR) is 101 cm³/mol. The number of phenolic OH excluding ortho intramolecular Hbond substituents is 1. The van der Waals surface area contributed by atoms with E-state index in [1.807, 2.05) is 12.1 Å². The van der Waals surface area contributed by atoms with E-state index >= 15 is 0 Å². The van der Waals surface area contributed by atoms with Gasteiger partial charge in [0.05, 0.1) is 17.7 Å². The fraction of sp³-hybridized carbons (Fsp3) is 0.0667. The summed E-state index contributed by atoms with van der Waals surface area (Å²) in [5.74, 6) is -0.942. The minimum atomic E-state index is -0.710. The van der Waals surface area contributed by atoms with Crippen LogP contribution in [0, 0.1) is 10.1 Å². The van der Waals surface area contributed by atoms with Crippen LogP contribution in [0.5, 0.6) is 5.75 Å². The van der Waals surface area contributed by atoms with E-state index in [0.717, 1.165) is 16.4 Å². The van der Waals surface area contributed by atoms with Gasteiger partial charge in [-0.25, -0.2) is 5.43 Å². The van der Waals surface area contributed by atoms with Crippen molar-refractivity contribution in [1.82, 2.24) is 5.43 Å². The Kier molecular flexibility index (Phi) is 6.48. The number of anilines is 1. The summed E-state index contributed by atoms with van der Waals surface area (Å²) in [6.45, 7) is -0.0103. The first kappa shape index (κ1) is 18.9. The lowest BCUT2D eigenvalue weighted by molar-refractivity contribution is -0.385. The van der Waals surface area contributed by atoms with Gasteiger partial charge in [-0.3, -0.25) is 14.9 Å². The molecule has 10 heteroatoms. The molecule has 0 fully saturated rings. The van der Waals surface area contributed by atoms with Gasteiger partial charge in [-0.15, -0.1) is 0 Å². The molecular formula is C15H12Br2N4O4. The molecule has 8 nitrogen and oxygen atoms in total. The van der Waals surface area contributed by atoms with Crippen LogP contribution < -0.4 is 10.7 Å². The highest BCUT2D eigenvalue weighted by molar-refractivity contribution is 9.10. The smallest absolute Gasteiger partial charge is 0.312 e. The molecule has 0 radical (unpaired) electrons. The standard InChI is InChI=1S/C15H12Br2N4O4/c16-10-1-3-12(4-2-10)18-8-14(22)20-19-7-9-5-11(17)6-13(15(9)23)21(24)25/h1-7,18,23H,8H2,(H,20,22)/b19-7-. The van der Waals surface area contributed by atoms with Crippen LogP contribution in [-0.2, 0) is 4.79 Å². The molecule has 0 aromatic heterocycles. The fourth-order valence-corrected chi connectivity index (χ4v) is 2.53. The molecule has 0 unspecified atom stereocenters. The maximum atomic E-state index is 11.7. The Labute approximate surface area is 159 Å². The molecule has 2 rings (SSSR count). The number of nitro benzene ring substituents is 1. The lowest BCUT2D eigenvalue weighted by atomic mass is 10.2. The third-order valence-electron chi connectivity index (χ3n) is 2.97. The monoisotopic (exact) mass is 470 g/mol. The first-order valence-electron chi connectivity index (χ1n) is 6.85. The second-order valence-corrected chi connectivity index (χ2v) is 6.60. The van der Waals surface area contributed by atoms with E-state index in [1.54, 1.807) is 12.1 Å². The minimum Gasteiger partial charge on any atom is -0.502 e. The fourth-order valence-electron chi connectivity index (χ4n) is 1.81. The van der Waals surface area contributed by atoms with Gasteiger partial charge in [0.25, 0.3) is 5.91 Å². The number of hydrazone groups is 1. The number of benzene rings is 2. The van der Waals surface area contributed by atoms with Crippen molar-refractivity contribution in [2.75, 3.05) is 11.9 Å². The average Bonchev–Trinajstić information content (AvgIpc) is 2.57. The third kappa shape index (κ3) is 5.54. The lowest BCUT2D eigenvalue weighted by Gasteiger charge is -2.05. The second-order valence-electron chi connectivity index (χ2n) is 4.77. The third-order valence-corrected chi connectivity index (χ3v) is 3.96. The highest BCUT2D eigenvalue weighted by Crippen LogP contribution is 2.32. The molecule has 2 aromatic carbocycles. The van der Waals surface area contributed by atoms with Crippen LogP contribution >= 0.6 is 31.9 Å². The SMILES string of the molecule is O=C(CNc1ccc(Br)cc1)N/N=C\c1cc(Br)cc([N+](=O)[O-])c1O. The average molecular weight is 472 g/mol. The summed E-state index contributed by atoms with van der Waals surface area (Å²) in [6, 6.07) is 9.90. The van der Waals surface area contributed by atoms with Gasteiger partial charge >= 0.3 is 5.69 Å². The molecule has 0 aliphatic heterocycles. The number of nitrogens with one attached hydrogen (secondary N) is 2. The zero-order valence-electron chi connectivity index (χ0n) is 12.6. The normalized spacial score (nSPS) is 10.6. The molecule has 1 amide bonds. The van der Waals surface area contributed by atoms with Crippen LogP contribution in [0.25, 0.3) is 0 Å². The number of nitro groups is 1. The van der Waals surface area contributed by atoms with Crippen molar-refractivity contribution in [2.45, 2.75) is 0 Å². The molecule has 3 N–H and O–H groups in total. The summed E-state index contributed by atoms with van der Waals surface area (Å²) in [6.07, 6.45) is 1.13. The Morgan fingerprint density at radius 1 is 1.24 bits per heavy atom. The highest BCUT2D eigenvalue weighted by Gasteiger charge is 2.17. The summed E-state index contributed by atoms with van der Waals surface area (Å²) in [4.78, 5) is 21.9. The Balaban J connectivity index is 1.95. The molecule has 0 bridgehead atoms. The molecule has 0 atom stereocenters. The number of rotatable bonds is 6. The van der Waals surface area contributed by atoms with Crippen LogP contribution in [0.2, 0.25) is 0 Å². The van der Waals surface area contributed by atoms with Gasteiger partial charge in [-0.1, -0.05) is 31.9 Å². The van der Waals surface area contributed by atoms with Crippen LogP contribution in [0.15, 0.2) is 50.4 Å². The van der Waals surface area contributed by atoms with Gasteiger partial charge < -0.3 is 10.4 Å². The van der Waals surface area contributed by atoms with Crippen LogP contribution in [0.3, 0.4) is 0 Å². The number of hydrogen-bond donors (Lipinski definition) is 3. The topological polar surface area (TPSA) is 117 Å². The van der Waals surface area contributed by atoms with E-state index in [-0.39, 0.29) is 12.1 Å². The van der Waals surface area contributed by atoms with Gasteiger partial charge in [0.2, 0.25) is 5.75 Å². The van der Waals surface area contributed by atoms with E-state index < -0.39 is 22.3 Å².